The molecule has 0 aliphatic carbocycles. The van der Waals surface area contributed by atoms with Crippen molar-refractivity contribution >= 4 is 5.97 Å². The highest BCUT2D eigenvalue weighted by Gasteiger charge is 2.21. The Morgan fingerprint density at radius 1 is 1.33 bits per heavy atom. The second kappa shape index (κ2) is 7.85. The monoisotopic (exact) mass is 296 g/mol. The molecule has 0 radical (unpaired) electrons. The first kappa shape index (κ1) is 17.3. The molecule has 0 heterocycles. The number of hydrogen-bond donors (Lipinski definition) is 2. The standard InChI is InChI=1S/C15H24N2O4/c1-11(13-9-12(21-4)5-6-14(13)18)17(10-15(19)20)8-7-16(2)3/h5-6,9,11,18H,7-8,10H2,1-4H3,(H,19,20). The molecular weight excluding hydrogens is 272 g/mol. The maximum absolute atomic E-state index is 11.1. The molecule has 1 unspecified atom stereocenters. The fraction of sp³-hybridized carbons (Fsp3) is 0.533. The van der Waals surface area contributed by atoms with E-state index in [1.807, 2.05) is 30.8 Å². The van der Waals surface area contributed by atoms with Crippen molar-refractivity contribution in [3.63, 3.8) is 0 Å². The number of benzene rings is 1. The van der Waals surface area contributed by atoms with Crippen molar-refractivity contribution in [1.82, 2.24) is 9.80 Å². The van der Waals surface area contributed by atoms with Crippen LogP contribution in [0.3, 0.4) is 0 Å². The van der Waals surface area contributed by atoms with E-state index >= 15 is 0 Å². The molecule has 0 saturated heterocycles. The summed E-state index contributed by atoms with van der Waals surface area (Å²) in [6.07, 6.45) is 0. The molecule has 0 amide bonds. The summed E-state index contributed by atoms with van der Waals surface area (Å²) in [5, 5.41) is 19.1. The van der Waals surface area contributed by atoms with Gasteiger partial charge in [-0.3, -0.25) is 9.69 Å². The van der Waals surface area contributed by atoms with Crippen LogP contribution in [0.5, 0.6) is 11.5 Å². The summed E-state index contributed by atoms with van der Waals surface area (Å²) in [5.41, 5.74) is 0.661. The number of likely N-dealkylation sites (N-methyl/N-ethyl adjacent to an activating group) is 1. The van der Waals surface area contributed by atoms with Crippen molar-refractivity contribution in [3.8, 4) is 11.5 Å². The molecule has 0 bridgehead atoms. The first-order valence-electron chi connectivity index (χ1n) is 6.82. The zero-order valence-corrected chi connectivity index (χ0v) is 13.0. The average molecular weight is 296 g/mol. The summed E-state index contributed by atoms with van der Waals surface area (Å²) >= 11 is 0. The van der Waals surface area contributed by atoms with Crippen molar-refractivity contribution < 1.29 is 19.7 Å². The molecule has 1 rings (SSSR count). The fourth-order valence-corrected chi connectivity index (χ4v) is 2.10. The molecule has 1 aromatic carbocycles. The Labute approximate surface area is 125 Å². The lowest BCUT2D eigenvalue weighted by Gasteiger charge is -2.29. The van der Waals surface area contributed by atoms with E-state index in [1.54, 1.807) is 25.3 Å². The molecule has 0 aromatic heterocycles. The van der Waals surface area contributed by atoms with Crippen LogP contribution in [0.25, 0.3) is 0 Å². The highest BCUT2D eigenvalue weighted by Crippen LogP contribution is 2.31. The molecule has 0 aliphatic rings. The minimum Gasteiger partial charge on any atom is -0.508 e. The van der Waals surface area contributed by atoms with Gasteiger partial charge in [-0.15, -0.1) is 0 Å². The van der Waals surface area contributed by atoms with E-state index in [2.05, 4.69) is 0 Å². The van der Waals surface area contributed by atoms with Gasteiger partial charge in [0.2, 0.25) is 0 Å². The van der Waals surface area contributed by atoms with Crippen LogP contribution in [0.2, 0.25) is 0 Å². The summed E-state index contributed by atoms with van der Waals surface area (Å²) in [6, 6.07) is 4.75. The number of aromatic hydroxyl groups is 1. The van der Waals surface area contributed by atoms with Crippen LogP contribution in [-0.4, -0.2) is 66.8 Å². The number of phenols is 1. The van der Waals surface area contributed by atoms with Crippen molar-refractivity contribution in [2.75, 3.05) is 40.8 Å². The number of hydrogen-bond acceptors (Lipinski definition) is 5. The normalized spacial score (nSPS) is 12.7. The second-order valence-corrected chi connectivity index (χ2v) is 5.27. The van der Waals surface area contributed by atoms with Crippen molar-refractivity contribution in [2.45, 2.75) is 13.0 Å². The van der Waals surface area contributed by atoms with Gasteiger partial charge < -0.3 is 19.8 Å². The lowest BCUT2D eigenvalue weighted by Crippen LogP contribution is -2.37. The number of methoxy groups -OCH3 is 1. The van der Waals surface area contributed by atoms with E-state index in [-0.39, 0.29) is 18.3 Å². The highest BCUT2D eigenvalue weighted by molar-refractivity contribution is 5.69. The van der Waals surface area contributed by atoms with Crippen LogP contribution in [0, 0.1) is 0 Å². The van der Waals surface area contributed by atoms with Gasteiger partial charge in [0.1, 0.15) is 11.5 Å². The van der Waals surface area contributed by atoms with Crippen molar-refractivity contribution in [1.29, 1.82) is 0 Å². The molecule has 6 nitrogen and oxygen atoms in total. The molecular formula is C15H24N2O4. The van der Waals surface area contributed by atoms with Crippen LogP contribution in [0.1, 0.15) is 18.5 Å². The van der Waals surface area contributed by atoms with Crippen LogP contribution in [-0.2, 0) is 4.79 Å². The number of phenolic OH excluding ortho intramolecular Hbond substituents is 1. The number of ether oxygens (including phenoxy) is 1. The third-order valence-corrected chi connectivity index (χ3v) is 3.41. The fourth-order valence-electron chi connectivity index (χ4n) is 2.10. The van der Waals surface area contributed by atoms with Gasteiger partial charge in [0.25, 0.3) is 0 Å². The van der Waals surface area contributed by atoms with E-state index < -0.39 is 5.97 Å². The minimum atomic E-state index is -0.886. The largest absolute Gasteiger partial charge is 0.508 e. The molecule has 1 aromatic rings. The molecule has 2 N–H and O–H groups in total. The van der Waals surface area contributed by atoms with Crippen LogP contribution >= 0.6 is 0 Å². The summed E-state index contributed by atoms with van der Waals surface area (Å²) in [7, 11) is 5.43. The smallest absolute Gasteiger partial charge is 0.317 e. The van der Waals surface area contributed by atoms with E-state index in [4.69, 9.17) is 9.84 Å². The molecule has 21 heavy (non-hydrogen) atoms. The van der Waals surface area contributed by atoms with E-state index in [0.29, 0.717) is 17.9 Å². The topological polar surface area (TPSA) is 73.2 Å². The molecule has 0 saturated carbocycles. The lowest BCUT2D eigenvalue weighted by molar-refractivity contribution is -0.139. The second-order valence-electron chi connectivity index (χ2n) is 5.27. The molecule has 1 atom stereocenters. The Kier molecular flexibility index (Phi) is 6.45. The zero-order valence-electron chi connectivity index (χ0n) is 13.0. The van der Waals surface area contributed by atoms with Gasteiger partial charge in [-0.05, 0) is 39.2 Å². The minimum absolute atomic E-state index is 0.0777. The number of carboxylic acid groups (broad SMARTS) is 1. The third-order valence-electron chi connectivity index (χ3n) is 3.41. The van der Waals surface area contributed by atoms with Gasteiger partial charge in [0, 0.05) is 24.7 Å². The van der Waals surface area contributed by atoms with Gasteiger partial charge in [-0.1, -0.05) is 0 Å². The SMILES string of the molecule is COc1ccc(O)c(C(C)N(CCN(C)C)CC(=O)O)c1. The number of rotatable bonds is 8. The Morgan fingerprint density at radius 3 is 2.52 bits per heavy atom. The van der Waals surface area contributed by atoms with Crippen LogP contribution in [0.4, 0.5) is 0 Å². The predicted molar refractivity (Wildman–Crippen MR) is 80.8 cm³/mol. The van der Waals surface area contributed by atoms with Gasteiger partial charge in [-0.2, -0.15) is 0 Å². The summed E-state index contributed by atoms with van der Waals surface area (Å²) in [6.45, 7) is 3.14. The maximum Gasteiger partial charge on any atom is 0.317 e. The number of aliphatic carboxylic acids is 1. The molecule has 118 valence electrons. The molecule has 0 fully saturated rings. The van der Waals surface area contributed by atoms with E-state index in [9.17, 15) is 9.90 Å². The average Bonchev–Trinajstić information content (AvgIpc) is 2.42. The summed E-state index contributed by atoms with van der Waals surface area (Å²) in [5.74, 6) is -0.107. The Hall–Kier alpha value is -1.79. The molecule has 0 spiro atoms. The van der Waals surface area contributed by atoms with Gasteiger partial charge >= 0.3 is 5.97 Å². The van der Waals surface area contributed by atoms with Gasteiger partial charge in [0.15, 0.2) is 0 Å². The van der Waals surface area contributed by atoms with E-state index in [1.165, 1.54) is 0 Å². The number of nitrogens with zero attached hydrogens (tertiary/aromatic N) is 2. The summed E-state index contributed by atoms with van der Waals surface area (Å²) in [4.78, 5) is 14.9. The van der Waals surface area contributed by atoms with Crippen molar-refractivity contribution in [2.24, 2.45) is 0 Å². The van der Waals surface area contributed by atoms with Crippen molar-refractivity contribution in [3.05, 3.63) is 23.8 Å². The summed E-state index contributed by atoms with van der Waals surface area (Å²) < 4.78 is 5.16. The van der Waals surface area contributed by atoms with Gasteiger partial charge in [-0.25, -0.2) is 0 Å². The third kappa shape index (κ3) is 5.24. The van der Waals surface area contributed by atoms with E-state index in [0.717, 1.165) is 6.54 Å². The number of carboxylic acids is 1. The molecule has 6 heteroatoms. The highest BCUT2D eigenvalue weighted by atomic mass is 16.5. The Balaban J connectivity index is 2.97. The van der Waals surface area contributed by atoms with Crippen LogP contribution in [0.15, 0.2) is 18.2 Å². The van der Waals surface area contributed by atoms with Crippen LogP contribution < -0.4 is 4.74 Å². The zero-order chi connectivity index (χ0) is 16.0. The Bertz CT molecular complexity index is 477. The first-order chi connectivity index (χ1) is 9.85. The quantitative estimate of drug-likeness (QED) is 0.755. The predicted octanol–water partition coefficient (Wildman–Crippen LogP) is 1.41. The maximum atomic E-state index is 11.1. The lowest BCUT2D eigenvalue weighted by atomic mass is 10.0. The van der Waals surface area contributed by atoms with Gasteiger partial charge in [0.05, 0.1) is 13.7 Å². The Morgan fingerprint density at radius 2 is 2.00 bits per heavy atom. The number of carbonyl (C=O) groups is 1. The first-order valence-corrected chi connectivity index (χ1v) is 6.82. The molecule has 0 aliphatic heterocycles.